The summed E-state index contributed by atoms with van der Waals surface area (Å²) in [4.78, 5) is 31.1. The third-order valence-electron chi connectivity index (χ3n) is 5.33. The van der Waals surface area contributed by atoms with E-state index < -0.39 is 0 Å². The topological polar surface area (TPSA) is 103 Å². The molecule has 0 aliphatic carbocycles. The Morgan fingerprint density at radius 2 is 1.81 bits per heavy atom. The van der Waals surface area contributed by atoms with E-state index in [4.69, 9.17) is 0 Å². The highest BCUT2D eigenvalue weighted by Gasteiger charge is 2.22. The van der Waals surface area contributed by atoms with Gasteiger partial charge in [-0.25, -0.2) is 4.98 Å². The maximum absolute atomic E-state index is 12.6. The van der Waals surface area contributed by atoms with E-state index in [1.165, 1.54) is 6.33 Å². The van der Waals surface area contributed by atoms with Crippen LogP contribution in [0.15, 0.2) is 66.1 Å². The minimum atomic E-state index is -0.0558. The van der Waals surface area contributed by atoms with Gasteiger partial charge in [-0.05, 0) is 42.7 Å². The average molecular weight is 451 g/mol. The van der Waals surface area contributed by atoms with E-state index in [0.29, 0.717) is 12.1 Å². The van der Waals surface area contributed by atoms with Gasteiger partial charge in [-0.15, -0.1) is 0 Å². The number of rotatable bonds is 8. The molecule has 0 radical (unpaired) electrons. The van der Waals surface area contributed by atoms with Crippen molar-refractivity contribution in [2.45, 2.75) is 29.8 Å². The number of aromatic nitrogens is 3. The molecule has 1 aliphatic rings. The average Bonchev–Trinajstić information content (AvgIpc) is 3.34. The van der Waals surface area contributed by atoms with Crippen LogP contribution in [0.3, 0.4) is 0 Å². The first-order valence-corrected chi connectivity index (χ1v) is 11.6. The molecule has 1 fully saturated rings. The lowest BCUT2D eigenvalue weighted by Gasteiger charge is -2.31. The molecule has 0 spiro atoms. The quantitative estimate of drug-likeness (QED) is 0.456. The zero-order chi connectivity index (χ0) is 22.2. The maximum atomic E-state index is 12.6. The van der Waals surface area contributed by atoms with Gasteiger partial charge in [0.1, 0.15) is 6.33 Å². The van der Waals surface area contributed by atoms with Crippen LogP contribution in [0.25, 0.3) is 0 Å². The summed E-state index contributed by atoms with van der Waals surface area (Å²) in [6.07, 6.45) is 3.15. The van der Waals surface area contributed by atoms with Crippen LogP contribution in [0.4, 0.5) is 5.69 Å². The molecule has 0 unspecified atom stereocenters. The van der Waals surface area contributed by atoms with Crippen molar-refractivity contribution in [1.29, 1.82) is 0 Å². The molecule has 0 saturated carbocycles. The zero-order valence-corrected chi connectivity index (χ0v) is 18.5. The molecule has 9 heteroatoms. The Balaban J connectivity index is 1.18. The summed E-state index contributed by atoms with van der Waals surface area (Å²) in [6, 6.07) is 17.2. The van der Waals surface area contributed by atoms with Crippen molar-refractivity contribution in [2.75, 3.05) is 25.0 Å². The largest absolute Gasteiger partial charge is 0.349 e. The van der Waals surface area contributed by atoms with Crippen molar-refractivity contribution in [1.82, 2.24) is 25.4 Å². The highest BCUT2D eigenvalue weighted by Crippen LogP contribution is 2.19. The summed E-state index contributed by atoms with van der Waals surface area (Å²) in [5, 5.41) is 13.5. The number of para-hydroxylation sites is 1. The standard InChI is InChI=1S/C23H26N6O2S/c30-21(26-19-4-2-1-3-5-19)14-29-12-10-20(11-13-29)27-22(31)18-8-6-17(7-9-18)15-32-23-24-16-25-28-23/h1-9,16,20H,10-15H2,(H,26,30)(H,27,31)(H,24,25,28). The highest BCUT2D eigenvalue weighted by molar-refractivity contribution is 7.98. The van der Waals surface area contributed by atoms with Crippen LogP contribution in [-0.4, -0.2) is 57.6 Å². The number of carbonyl (C=O) groups excluding carboxylic acids is 2. The van der Waals surface area contributed by atoms with E-state index in [2.05, 4.69) is 30.7 Å². The Labute approximate surface area is 191 Å². The Morgan fingerprint density at radius 3 is 2.50 bits per heavy atom. The number of hydrogen-bond donors (Lipinski definition) is 3. The van der Waals surface area contributed by atoms with Crippen LogP contribution in [0.1, 0.15) is 28.8 Å². The first kappa shape index (κ1) is 22.0. The van der Waals surface area contributed by atoms with E-state index in [-0.39, 0.29) is 17.9 Å². The van der Waals surface area contributed by atoms with Gasteiger partial charge in [-0.3, -0.25) is 19.6 Å². The van der Waals surface area contributed by atoms with Gasteiger partial charge in [-0.1, -0.05) is 42.1 Å². The first-order valence-electron chi connectivity index (χ1n) is 10.6. The molecule has 0 bridgehead atoms. The minimum Gasteiger partial charge on any atom is -0.349 e. The number of carbonyl (C=O) groups is 2. The second-order valence-electron chi connectivity index (χ2n) is 7.71. The van der Waals surface area contributed by atoms with Gasteiger partial charge in [0.05, 0.1) is 6.54 Å². The van der Waals surface area contributed by atoms with E-state index in [9.17, 15) is 9.59 Å². The fourth-order valence-corrected chi connectivity index (χ4v) is 4.33. The van der Waals surface area contributed by atoms with Gasteiger partial charge in [0.25, 0.3) is 5.91 Å². The monoisotopic (exact) mass is 450 g/mol. The Morgan fingerprint density at radius 1 is 1.06 bits per heavy atom. The smallest absolute Gasteiger partial charge is 0.251 e. The van der Waals surface area contributed by atoms with Gasteiger partial charge < -0.3 is 10.6 Å². The van der Waals surface area contributed by atoms with E-state index in [1.54, 1.807) is 11.8 Å². The second kappa shape index (κ2) is 10.9. The number of amides is 2. The summed E-state index contributed by atoms with van der Waals surface area (Å²) < 4.78 is 0. The maximum Gasteiger partial charge on any atom is 0.251 e. The van der Waals surface area contributed by atoms with Crippen LogP contribution in [-0.2, 0) is 10.5 Å². The van der Waals surface area contributed by atoms with Crippen LogP contribution < -0.4 is 10.6 Å². The minimum absolute atomic E-state index is 0.0137. The number of likely N-dealkylation sites (tertiary alicyclic amines) is 1. The highest BCUT2D eigenvalue weighted by atomic mass is 32.2. The Bertz CT molecular complexity index is 1000. The molecule has 1 saturated heterocycles. The number of H-pyrrole nitrogens is 1. The molecular formula is C23H26N6O2S. The van der Waals surface area contributed by atoms with Crippen molar-refractivity contribution in [2.24, 2.45) is 0 Å². The molecule has 1 aliphatic heterocycles. The van der Waals surface area contributed by atoms with Gasteiger partial charge >= 0.3 is 0 Å². The predicted octanol–water partition coefficient (Wildman–Crippen LogP) is 2.93. The number of benzene rings is 2. The number of nitrogens with one attached hydrogen (secondary N) is 3. The van der Waals surface area contributed by atoms with Crippen molar-refractivity contribution in [3.63, 3.8) is 0 Å². The van der Waals surface area contributed by atoms with Crippen LogP contribution in [0.5, 0.6) is 0 Å². The molecule has 1 aromatic heterocycles. The first-order chi connectivity index (χ1) is 15.7. The molecule has 3 N–H and O–H groups in total. The number of anilines is 1. The van der Waals surface area contributed by atoms with Crippen molar-refractivity contribution < 1.29 is 9.59 Å². The van der Waals surface area contributed by atoms with Crippen LogP contribution >= 0.6 is 11.8 Å². The molecule has 0 atom stereocenters. The summed E-state index contributed by atoms with van der Waals surface area (Å²) in [6.45, 7) is 1.93. The molecule has 32 heavy (non-hydrogen) atoms. The fourth-order valence-electron chi connectivity index (χ4n) is 3.60. The SMILES string of the molecule is O=C(CN1CCC(NC(=O)c2ccc(CSc3ncn[nH]3)cc2)CC1)Nc1ccccc1. The molecule has 2 aromatic carbocycles. The van der Waals surface area contributed by atoms with Crippen molar-refractivity contribution in [3.05, 3.63) is 72.1 Å². The Hall–Kier alpha value is -3.17. The summed E-state index contributed by atoms with van der Waals surface area (Å²) in [7, 11) is 0. The summed E-state index contributed by atoms with van der Waals surface area (Å²) in [5.41, 5.74) is 2.58. The second-order valence-corrected chi connectivity index (χ2v) is 8.68. The Kier molecular flexibility index (Phi) is 7.52. The van der Waals surface area contributed by atoms with Crippen LogP contribution in [0, 0.1) is 0 Å². The van der Waals surface area contributed by atoms with Gasteiger partial charge in [0, 0.05) is 36.1 Å². The molecule has 2 amide bonds. The van der Waals surface area contributed by atoms with Crippen molar-refractivity contribution >= 4 is 29.3 Å². The number of nitrogens with zero attached hydrogens (tertiary/aromatic N) is 3. The van der Waals surface area contributed by atoms with E-state index >= 15 is 0 Å². The molecule has 4 rings (SSSR count). The number of aromatic amines is 1. The molecular weight excluding hydrogens is 424 g/mol. The van der Waals surface area contributed by atoms with E-state index in [1.807, 2.05) is 54.6 Å². The normalized spacial score (nSPS) is 14.8. The third kappa shape index (κ3) is 6.41. The molecule has 8 nitrogen and oxygen atoms in total. The number of thioether (sulfide) groups is 1. The lowest BCUT2D eigenvalue weighted by atomic mass is 10.0. The number of piperidine rings is 1. The van der Waals surface area contributed by atoms with Gasteiger partial charge in [0.15, 0.2) is 5.16 Å². The third-order valence-corrected chi connectivity index (χ3v) is 6.28. The number of hydrogen-bond acceptors (Lipinski definition) is 6. The molecule has 2 heterocycles. The lowest BCUT2D eigenvalue weighted by molar-refractivity contribution is -0.117. The van der Waals surface area contributed by atoms with Gasteiger partial charge in [0.2, 0.25) is 5.91 Å². The predicted molar refractivity (Wildman–Crippen MR) is 124 cm³/mol. The summed E-state index contributed by atoms with van der Waals surface area (Å²) in [5.74, 6) is 0.688. The van der Waals surface area contributed by atoms with Crippen molar-refractivity contribution in [3.8, 4) is 0 Å². The molecule has 3 aromatic rings. The van der Waals surface area contributed by atoms with Crippen LogP contribution in [0.2, 0.25) is 0 Å². The fraction of sp³-hybridized carbons (Fsp3) is 0.304. The van der Waals surface area contributed by atoms with Gasteiger partial charge in [-0.2, -0.15) is 5.10 Å². The summed E-state index contributed by atoms with van der Waals surface area (Å²) >= 11 is 1.56. The van der Waals surface area contributed by atoms with E-state index in [0.717, 1.165) is 48.1 Å². The lowest BCUT2D eigenvalue weighted by Crippen LogP contribution is -2.46. The zero-order valence-electron chi connectivity index (χ0n) is 17.7. The molecule has 166 valence electrons.